The maximum absolute atomic E-state index is 13.8. The van der Waals surface area contributed by atoms with Crippen molar-refractivity contribution in [2.45, 2.75) is 49.9 Å². The number of carbonyl (C=O) groups excluding carboxylic acids is 1. The lowest BCUT2D eigenvalue weighted by Gasteiger charge is -2.32. The minimum Gasteiger partial charge on any atom is -0.381 e. The van der Waals surface area contributed by atoms with Crippen LogP contribution < -0.4 is 10.6 Å². The highest BCUT2D eigenvalue weighted by atomic mass is 35.5. The quantitative estimate of drug-likeness (QED) is 0.316. The summed E-state index contributed by atoms with van der Waals surface area (Å²) < 4.78 is 120. The molecule has 0 radical (unpaired) electrons. The van der Waals surface area contributed by atoms with E-state index in [4.69, 9.17) is 11.6 Å². The summed E-state index contributed by atoms with van der Waals surface area (Å²) >= 11 is 6.10. The van der Waals surface area contributed by atoms with E-state index < -0.39 is 47.4 Å². The van der Waals surface area contributed by atoms with Gasteiger partial charge in [-0.1, -0.05) is 17.7 Å². The molecule has 0 saturated heterocycles. The molecule has 0 bridgehead atoms. The molecule has 2 aromatic rings. The first kappa shape index (κ1) is 28.9. The zero-order valence-electron chi connectivity index (χ0n) is 18.7. The van der Waals surface area contributed by atoms with Gasteiger partial charge in [-0.3, -0.25) is 4.79 Å². The van der Waals surface area contributed by atoms with Gasteiger partial charge in [0.25, 0.3) is 0 Å². The van der Waals surface area contributed by atoms with Crippen LogP contribution in [0.5, 0.6) is 0 Å². The van der Waals surface area contributed by atoms with Crippen LogP contribution in [0.2, 0.25) is 5.02 Å². The molecule has 0 heterocycles. The Kier molecular flexibility index (Phi) is 8.00. The summed E-state index contributed by atoms with van der Waals surface area (Å²) in [5.41, 5.74) is -9.47. The highest BCUT2D eigenvalue weighted by Gasteiger charge is 2.56. The third-order valence-corrected chi connectivity index (χ3v) is 6.13. The number of alkyl halides is 9. The Balaban J connectivity index is 1.84. The standard InChI is InChI=1S/C23H20ClF9N2O2/c24-18-9-17(4-3-13(18)10-34-19(36)5-12-1-2-12)35-11-20(37,23(31,32)33)14-6-15(21(25,26)27)8-16(7-14)22(28,29)30/h3-4,6-9,12,35,37H,1-2,5,10-11H2,(H,34,36)/t20-/m1/s1. The minimum atomic E-state index is -5.66. The van der Waals surface area contributed by atoms with Crippen molar-refractivity contribution in [3.8, 4) is 0 Å². The number of hydrogen-bond donors (Lipinski definition) is 3. The second kappa shape index (κ2) is 10.2. The first-order valence-corrected chi connectivity index (χ1v) is 11.2. The van der Waals surface area contributed by atoms with Crippen LogP contribution in [0.15, 0.2) is 36.4 Å². The smallest absolute Gasteiger partial charge is 0.381 e. The topological polar surface area (TPSA) is 61.4 Å². The maximum Gasteiger partial charge on any atom is 0.423 e. The zero-order chi connectivity index (χ0) is 27.8. The molecule has 3 N–H and O–H groups in total. The second-order valence-electron chi connectivity index (χ2n) is 8.74. The Labute approximate surface area is 209 Å². The fraction of sp³-hybridized carbons (Fsp3) is 0.435. The molecule has 1 amide bonds. The number of benzene rings is 2. The lowest BCUT2D eigenvalue weighted by atomic mass is 9.89. The van der Waals surface area contributed by atoms with Crippen molar-refractivity contribution in [3.05, 3.63) is 63.7 Å². The number of carbonyl (C=O) groups is 1. The molecule has 3 rings (SSSR count). The number of nitrogens with one attached hydrogen (secondary N) is 2. The van der Waals surface area contributed by atoms with Crippen molar-refractivity contribution in [2.24, 2.45) is 5.92 Å². The lowest BCUT2D eigenvalue weighted by Crippen LogP contribution is -2.48. The second-order valence-corrected chi connectivity index (χ2v) is 9.14. The third-order valence-electron chi connectivity index (χ3n) is 5.78. The molecule has 204 valence electrons. The minimum absolute atomic E-state index is 0.0192. The van der Waals surface area contributed by atoms with Gasteiger partial charge in [-0.2, -0.15) is 39.5 Å². The third kappa shape index (κ3) is 7.22. The molecule has 2 aromatic carbocycles. The molecular formula is C23H20ClF9N2O2. The van der Waals surface area contributed by atoms with E-state index in [0.29, 0.717) is 17.9 Å². The lowest BCUT2D eigenvalue weighted by molar-refractivity contribution is -0.261. The van der Waals surface area contributed by atoms with Gasteiger partial charge < -0.3 is 15.7 Å². The van der Waals surface area contributed by atoms with Crippen LogP contribution >= 0.6 is 11.6 Å². The molecule has 1 aliphatic carbocycles. The number of hydrogen-bond acceptors (Lipinski definition) is 3. The first-order valence-electron chi connectivity index (χ1n) is 10.8. The molecule has 37 heavy (non-hydrogen) atoms. The molecule has 0 aromatic heterocycles. The van der Waals surface area contributed by atoms with Crippen molar-refractivity contribution in [3.63, 3.8) is 0 Å². The van der Waals surface area contributed by atoms with Crippen molar-refractivity contribution in [1.82, 2.24) is 5.32 Å². The van der Waals surface area contributed by atoms with Gasteiger partial charge in [-0.05, 0) is 60.2 Å². The van der Waals surface area contributed by atoms with Crippen LogP contribution in [0.4, 0.5) is 45.2 Å². The Morgan fingerprint density at radius 3 is 1.89 bits per heavy atom. The van der Waals surface area contributed by atoms with E-state index in [2.05, 4.69) is 10.6 Å². The fourth-order valence-corrected chi connectivity index (χ4v) is 3.69. The van der Waals surface area contributed by atoms with Crippen molar-refractivity contribution < 1.29 is 49.4 Å². The average molecular weight is 563 g/mol. The van der Waals surface area contributed by atoms with Gasteiger partial charge in [0.2, 0.25) is 11.5 Å². The summed E-state index contributed by atoms with van der Waals surface area (Å²) in [7, 11) is 0. The SMILES string of the molecule is O=C(CC1CC1)NCc1ccc(NC[C@@](O)(c2cc(C(F)(F)F)cc(C(F)(F)F)c2)C(F)(F)F)cc1Cl. The number of anilines is 1. The number of amides is 1. The van der Waals surface area contributed by atoms with Gasteiger partial charge in [0, 0.05) is 23.7 Å². The molecule has 1 fully saturated rings. The van der Waals surface area contributed by atoms with Crippen LogP contribution in [0, 0.1) is 5.92 Å². The van der Waals surface area contributed by atoms with Gasteiger partial charge >= 0.3 is 18.5 Å². The number of aliphatic hydroxyl groups is 1. The highest BCUT2D eigenvalue weighted by Crippen LogP contribution is 2.44. The van der Waals surface area contributed by atoms with Crippen LogP contribution in [0.3, 0.4) is 0 Å². The van der Waals surface area contributed by atoms with Crippen LogP contribution in [-0.4, -0.2) is 23.7 Å². The molecule has 0 unspecified atom stereocenters. The predicted molar refractivity (Wildman–Crippen MR) is 116 cm³/mol. The van der Waals surface area contributed by atoms with Crippen molar-refractivity contribution >= 4 is 23.2 Å². The normalized spacial score (nSPS) is 16.3. The molecule has 1 atom stereocenters. The Morgan fingerprint density at radius 2 is 1.43 bits per heavy atom. The van der Waals surface area contributed by atoms with Crippen LogP contribution in [0.25, 0.3) is 0 Å². The molecule has 0 spiro atoms. The highest BCUT2D eigenvalue weighted by molar-refractivity contribution is 6.31. The van der Waals surface area contributed by atoms with E-state index in [1.807, 2.05) is 0 Å². The van der Waals surface area contributed by atoms with Crippen molar-refractivity contribution in [2.75, 3.05) is 11.9 Å². The summed E-state index contributed by atoms with van der Waals surface area (Å²) in [5.74, 6) is 0.147. The summed E-state index contributed by atoms with van der Waals surface area (Å²) in [5, 5.41) is 15.2. The van der Waals surface area contributed by atoms with Gasteiger partial charge in [0.1, 0.15) is 0 Å². The van der Waals surface area contributed by atoms with E-state index in [-0.39, 0.29) is 41.4 Å². The van der Waals surface area contributed by atoms with Gasteiger partial charge in [0.05, 0.1) is 17.7 Å². The zero-order valence-corrected chi connectivity index (χ0v) is 19.5. The van der Waals surface area contributed by atoms with Gasteiger partial charge in [-0.15, -0.1) is 0 Å². The van der Waals surface area contributed by atoms with Crippen LogP contribution in [0.1, 0.15) is 41.5 Å². The first-order chi connectivity index (χ1) is 16.9. The summed E-state index contributed by atoms with van der Waals surface area (Å²) in [6.45, 7) is -1.50. The molecule has 14 heteroatoms. The van der Waals surface area contributed by atoms with Gasteiger partial charge in [-0.25, -0.2) is 0 Å². The van der Waals surface area contributed by atoms with E-state index in [1.165, 1.54) is 12.1 Å². The average Bonchev–Trinajstić information content (AvgIpc) is 3.58. The predicted octanol–water partition coefficient (Wildman–Crippen LogP) is 6.66. The van der Waals surface area contributed by atoms with E-state index in [1.54, 1.807) is 0 Å². The summed E-state index contributed by atoms with van der Waals surface area (Å²) in [4.78, 5) is 11.8. The van der Waals surface area contributed by atoms with E-state index in [0.717, 1.165) is 18.9 Å². The Morgan fingerprint density at radius 1 is 0.892 bits per heavy atom. The number of rotatable bonds is 8. The molecular weight excluding hydrogens is 543 g/mol. The molecule has 0 aliphatic heterocycles. The Hall–Kier alpha value is -2.67. The largest absolute Gasteiger partial charge is 0.423 e. The van der Waals surface area contributed by atoms with Crippen LogP contribution in [-0.2, 0) is 29.3 Å². The maximum atomic E-state index is 13.8. The number of halogens is 10. The van der Waals surface area contributed by atoms with Gasteiger partial charge in [0.15, 0.2) is 0 Å². The molecule has 4 nitrogen and oxygen atoms in total. The molecule has 1 saturated carbocycles. The summed E-state index contributed by atoms with van der Waals surface area (Å²) in [6.07, 6.45) is -14.2. The van der Waals surface area contributed by atoms with E-state index >= 15 is 0 Å². The summed E-state index contributed by atoms with van der Waals surface area (Å²) in [6, 6.07) is 3.05. The van der Waals surface area contributed by atoms with E-state index in [9.17, 15) is 49.4 Å². The Bertz CT molecular complexity index is 1110. The fourth-order valence-electron chi connectivity index (χ4n) is 3.44. The monoisotopic (exact) mass is 562 g/mol. The van der Waals surface area contributed by atoms with Crippen molar-refractivity contribution in [1.29, 1.82) is 0 Å². The molecule has 1 aliphatic rings.